The van der Waals surface area contributed by atoms with Gasteiger partial charge in [-0.1, -0.05) is 12.1 Å². The Balaban J connectivity index is 2.06. The number of ether oxygens (including phenoxy) is 2. The SMILES string of the molecule is COc1ccc([C@@H](CC(=O)Nc2ccc(OC)nc2)NC(C)=O)cc1. The molecule has 2 amide bonds. The number of rotatable bonds is 7. The average molecular weight is 343 g/mol. The molecule has 0 spiro atoms. The second-order valence-electron chi connectivity index (χ2n) is 5.37. The molecule has 0 radical (unpaired) electrons. The van der Waals surface area contributed by atoms with Gasteiger partial charge >= 0.3 is 0 Å². The summed E-state index contributed by atoms with van der Waals surface area (Å²) in [5.74, 6) is 0.729. The number of aromatic nitrogens is 1. The van der Waals surface area contributed by atoms with Crippen LogP contribution in [0.2, 0.25) is 0 Å². The summed E-state index contributed by atoms with van der Waals surface area (Å²) < 4.78 is 10.1. The van der Waals surface area contributed by atoms with Crippen molar-refractivity contribution in [3.05, 3.63) is 48.2 Å². The standard InChI is InChI=1S/C18H21N3O4/c1-12(22)20-16(13-4-7-15(24-2)8-5-13)10-17(23)21-14-6-9-18(25-3)19-11-14/h4-9,11,16H,10H2,1-3H3,(H,20,22)(H,21,23)/t16-/m1/s1. The summed E-state index contributed by atoms with van der Waals surface area (Å²) >= 11 is 0. The van der Waals surface area contributed by atoms with Crippen molar-refractivity contribution in [2.75, 3.05) is 19.5 Å². The first-order valence-electron chi connectivity index (χ1n) is 7.72. The number of nitrogens with zero attached hydrogens (tertiary/aromatic N) is 1. The maximum absolute atomic E-state index is 12.3. The lowest BCUT2D eigenvalue weighted by Gasteiger charge is -2.18. The van der Waals surface area contributed by atoms with Crippen molar-refractivity contribution < 1.29 is 19.1 Å². The predicted molar refractivity (Wildman–Crippen MR) is 93.6 cm³/mol. The molecule has 0 saturated heterocycles. The Morgan fingerprint density at radius 2 is 1.80 bits per heavy atom. The van der Waals surface area contributed by atoms with E-state index in [0.717, 1.165) is 5.56 Å². The third-order valence-corrected chi connectivity index (χ3v) is 3.51. The molecule has 1 aromatic heterocycles. The largest absolute Gasteiger partial charge is 0.497 e. The first-order valence-corrected chi connectivity index (χ1v) is 7.72. The molecule has 0 fully saturated rings. The second kappa shape index (κ2) is 8.68. The maximum atomic E-state index is 12.3. The lowest BCUT2D eigenvalue weighted by molar-refractivity contribution is -0.120. The first kappa shape index (κ1) is 18.3. The van der Waals surface area contributed by atoms with Crippen molar-refractivity contribution in [3.8, 4) is 11.6 Å². The normalized spacial score (nSPS) is 11.3. The topological polar surface area (TPSA) is 89.6 Å². The van der Waals surface area contributed by atoms with E-state index < -0.39 is 6.04 Å². The fourth-order valence-electron chi connectivity index (χ4n) is 2.31. The smallest absolute Gasteiger partial charge is 0.226 e. The highest BCUT2D eigenvalue weighted by molar-refractivity contribution is 5.91. The number of carbonyl (C=O) groups is 2. The number of amides is 2. The minimum absolute atomic E-state index is 0.0952. The van der Waals surface area contributed by atoms with Gasteiger partial charge in [-0.2, -0.15) is 0 Å². The quantitative estimate of drug-likeness (QED) is 0.805. The molecule has 2 rings (SSSR count). The number of nitrogens with one attached hydrogen (secondary N) is 2. The van der Waals surface area contributed by atoms with Crippen LogP contribution in [-0.4, -0.2) is 31.0 Å². The van der Waals surface area contributed by atoms with Crippen molar-refractivity contribution in [2.24, 2.45) is 0 Å². The minimum atomic E-state index is -0.436. The molecule has 2 N–H and O–H groups in total. The van der Waals surface area contributed by atoms with Crippen LogP contribution in [0.3, 0.4) is 0 Å². The Bertz CT molecular complexity index is 714. The van der Waals surface area contributed by atoms with Crippen LogP contribution < -0.4 is 20.1 Å². The third kappa shape index (κ3) is 5.49. The van der Waals surface area contributed by atoms with E-state index in [9.17, 15) is 9.59 Å². The molecule has 2 aromatic rings. The molecule has 0 unspecified atom stereocenters. The molecule has 7 nitrogen and oxygen atoms in total. The second-order valence-corrected chi connectivity index (χ2v) is 5.37. The van der Waals surface area contributed by atoms with Gasteiger partial charge in [-0.05, 0) is 23.8 Å². The summed E-state index contributed by atoms with van der Waals surface area (Å²) in [4.78, 5) is 27.8. The Morgan fingerprint density at radius 1 is 1.08 bits per heavy atom. The molecular formula is C18H21N3O4. The van der Waals surface area contributed by atoms with E-state index in [2.05, 4.69) is 15.6 Å². The van der Waals surface area contributed by atoms with Gasteiger partial charge in [0.1, 0.15) is 5.75 Å². The van der Waals surface area contributed by atoms with E-state index in [-0.39, 0.29) is 18.2 Å². The third-order valence-electron chi connectivity index (χ3n) is 3.51. The van der Waals surface area contributed by atoms with E-state index in [4.69, 9.17) is 9.47 Å². The summed E-state index contributed by atoms with van der Waals surface area (Å²) in [7, 11) is 3.10. The average Bonchev–Trinajstić information content (AvgIpc) is 2.61. The van der Waals surface area contributed by atoms with Gasteiger partial charge < -0.3 is 20.1 Å². The van der Waals surface area contributed by atoms with Gasteiger partial charge in [-0.3, -0.25) is 9.59 Å². The van der Waals surface area contributed by atoms with E-state index in [1.54, 1.807) is 31.4 Å². The van der Waals surface area contributed by atoms with Crippen LogP contribution in [0.25, 0.3) is 0 Å². The Morgan fingerprint density at radius 3 is 2.32 bits per heavy atom. The number of benzene rings is 1. The lowest BCUT2D eigenvalue weighted by atomic mass is 10.0. The maximum Gasteiger partial charge on any atom is 0.226 e. The Labute approximate surface area is 146 Å². The van der Waals surface area contributed by atoms with Gasteiger partial charge in [0, 0.05) is 13.0 Å². The monoisotopic (exact) mass is 343 g/mol. The minimum Gasteiger partial charge on any atom is -0.497 e. The zero-order chi connectivity index (χ0) is 18.2. The number of pyridine rings is 1. The number of hydrogen-bond donors (Lipinski definition) is 2. The molecule has 25 heavy (non-hydrogen) atoms. The van der Waals surface area contributed by atoms with Gasteiger partial charge in [0.05, 0.1) is 38.6 Å². The van der Waals surface area contributed by atoms with Crippen LogP contribution in [0.5, 0.6) is 11.6 Å². The number of anilines is 1. The van der Waals surface area contributed by atoms with Crippen LogP contribution in [0, 0.1) is 0 Å². The van der Waals surface area contributed by atoms with Crippen LogP contribution in [0.1, 0.15) is 24.9 Å². The van der Waals surface area contributed by atoms with Crippen molar-refractivity contribution in [1.82, 2.24) is 10.3 Å². The molecule has 1 aromatic carbocycles. The van der Waals surface area contributed by atoms with Crippen LogP contribution in [-0.2, 0) is 9.59 Å². The van der Waals surface area contributed by atoms with Gasteiger partial charge in [0.25, 0.3) is 0 Å². The highest BCUT2D eigenvalue weighted by atomic mass is 16.5. The van der Waals surface area contributed by atoms with Gasteiger partial charge in [0.2, 0.25) is 17.7 Å². The lowest BCUT2D eigenvalue weighted by Crippen LogP contribution is -2.29. The van der Waals surface area contributed by atoms with E-state index in [1.807, 2.05) is 12.1 Å². The fourth-order valence-corrected chi connectivity index (χ4v) is 2.31. The molecule has 7 heteroatoms. The van der Waals surface area contributed by atoms with Crippen LogP contribution in [0.15, 0.2) is 42.6 Å². The molecule has 1 atom stereocenters. The first-order chi connectivity index (χ1) is 12.0. The molecule has 0 aliphatic rings. The number of hydrogen-bond acceptors (Lipinski definition) is 5. The molecule has 132 valence electrons. The van der Waals surface area contributed by atoms with Crippen molar-refractivity contribution >= 4 is 17.5 Å². The van der Waals surface area contributed by atoms with Crippen molar-refractivity contribution in [2.45, 2.75) is 19.4 Å². The Hall–Kier alpha value is -3.09. The van der Waals surface area contributed by atoms with Crippen LogP contribution >= 0.6 is 0 Å². The molecule has 1 heterocycles. The molecule has 0 aliphatic heterocycles. The van der Waals surface area contributed by atoms with E-state index in [0.29, 0.717) is 17.3 Å². The van der Waals surface area contributed by atoms with Gasteiger partial charge in [0.15, 0.2) is 0 Å². The zero-order valence-electron chi connectivity index (χ0n) is 14.4. The summed E-state index contributed by atoms with van der Waals surface area (Å²) in [5.41, 5.74) is 1.38. The summed E-state index contributed by atoms with van der Waals surface area (Å²) in [5, 5.41) is 5.55. The summed E-state index contributed by atoms with van der Waals surface area (Å²) in [6.45, 7) is 1.42. The van der Waals surface area contributed by atoms with Crippen molar-refractivity contribution in [3.63, 3.8) is 0 Å². The highest BCUT2D eigenvalue weighted by Crippen LogP contribution is 2.21. The number of methoxy groups -OCH3 is 2. The summed E-state index contributed by atoms with van der Waals surface area (Å²) in [6, 6.07) is 10.1. The summed E-state index contributed by atoms with van der Waals surface area (Å²) in [6.07, 6.45) is 1.61. The van der Waals surface area contributed by atoms with Gasteiger partial charge in [-0.25, -0.2) is 4.98 Å². The number of carbonyl (C=O) groups excluding carboxylic acids is 2. The highest BCUT2D eigenvalue weighted by Gasteiger charge is 2.17. The fraction of sp³-hybridized carbons (Fsp3) is 0.278. The van der Waals surface area contributed by atoms with Crippen LogP contribution in [0.4, 0.5) is 5.69 Å². The zero-order valence-corrected chi connectivity index (χ0v) is 14.4. The molecular weight excluding hydrogens is 322 g/mol. The molecule has 0 bridgehead atoms. The van der Waals surface area contributed by atoms with E-state index in [1.165, 1.54) is 20.2 Å². The van der Waals surface area contributed by atoms with Crippen molar-refractivity contribution in [1.29, 1.82) is 0 Å². The predicted octanol–water partition coefficient (Wildman–Crippen LogP) is 2.30. The molecule has 0 saturated carbocycles. The Kier molecular flexibility index (Phi) is 6.33. The van der Waals surface area contributed by atoms with E-state index >= 15 is 0 Å². The molecule has 0 aliphatic carbocycles. The van der Waals surface area contributed by atoms with Gasteiger partial charge in [-0.15, -0.1) is 0 Å².